The Labute approximate surface area is 102 Å². The molecule has 2 unspecified atom stereocenters. The van der Waals surface area contributed by atoms with Crippen molar-refractivity contribution in [3.63, 3.8) is 0 Å². The predicted molar refractivity (Wildman–Crippen MR) is 69.0 cm³/mol. The molecule has 0 bridgehead atoms. The highest BCUT2D eigenvalue weighted by atomic mass is 32.1. The number of methoxy groups -OCH3 is 1. The number of hydrogen-bond acceptors (Lipinski definition) is 4. The molecule has 16 heavy (non-hydrogen) atoms. The molecule has 0 aliphatic carbocycles. The molecular weight excluding hydrogens is 220 g/mol. The molecule has 0 radical (unpaired) electrons. The van der Waals surface area contributed by atoms with Gasteiger partial charge < -0.3 is 10.1 Å². The second-order valence-corrected chi connectivity index (χ2v) is 5.02. The summed E-state index contributed by atoms with van der Waals surface area (Å²) >= 11 is 1.73. The number of rotatable bonds is 8. The van der Waals surface area contributed by atoms with Crippen LogP contribution in [0.4, 0.5) is 0 Å². The van der Waals surface area contributed by atoms with Crippen LogP contribution < -0.4 is 5.32 Å². The molecule has 0 aromatic carbocycles. The Balaban J connectivity index is 2.35. The van der Waals surface area contributed by atoms with Crippen LogP contribution in [0.15, 0.2) is 11.7 Å². The molecule has 1 heterocycles. The molecule has 0 aliphatic heterocycles. The van der Waals surface area contributed by atoms with E-state index in [0.717, 1.165) is 25.8 Å². The Morgan fingerprint density at radius 1 is 1.50 bits per heavy atom. The highest BCUT2D eigenvalue weighted by Crippen LogP contribution is 2.13. The van der Waals surface area contributed by atoms with Gasteiger partial charge in [-0.1, -0.05) is 6.92 Å². The van der Waals surface area contributed by atoms with E-state index in [1.54, 1.807) is 18.4 Å². The maximum absolute atomic E-state index is 5.28. The molecule has 1 N–H and O–H groups in total. The number of thiazole rings is 1. The third-order valence-corrected chi connectivity index (χ3v) is 3.55. The summed E-state index contributed by atoms with van der Waals surface area (Å²) in [6.07, 6.45) is 5.65. The fraction of sp³-hybridized carbons (Fsp3) is 0.750. The molecule has 0 aliphatic rings. The standard InChI is InChI=1S/C12H22N2OS/c1-4-14-11(6-5-10(2)15-3)7-12-8-13-9-16-12/h8-11,14H,4-7H2,1-3H3. The van der Waals surface area contributed by atoms with Gasteiger partial charge in [-0.05, 0) is 32.7 Å². The molecule has 92 valence electrons. The average Bonchev–Trinajstić information content (AvgIpc) is 2.78. The summed E-state index contributed by atoms with van der Waals surface area (Å²) in [5, 5.41) is 3.52. The highest BCUT2D eigenvalue weighted by Gasteiger charge is 2.11. The zero-order chi connectivity index (χ0) is 11.8. The Bertz CT molecular complexity index is 264. The molecule has 1 aromatic rings. The van der Waals surface area contributed by atoms with E-state index >= 15 is 0 Å². The van der Waals surface area contributed by atoms with E-state index < -0.39 is 0 Å². The lowest BCUT2D eigenvalue weighted by Gasteiger charge is -2.18. The van der Waals surface area contributed by atoms with Crippen LogP contribution in [0.3, 0.4) is 0 Å². The van der Waals surface area contributed by atoms with E-state index in [1.807, 2.05) is 11.7 Å². The van der Waals surface area contributed by atoms with Crippen LogP contribution >= 0.6 is 11.3 Å². The van der Waals surface area contributed by atoms with Crippen molar-refractivity contribution in [2.45, 2.75) is 45.3 Å². The Morgan fingerprint density at radius 2 is 2.31 bits per heavy atom. The molecule has 0 saturated heterocycles. The Hall–Kier alpha value is -0.450. The number of aromatic nitrogens is 1. The third-order valence-electron chi connectivity index (χ3n) is 2.75. The molecule has 1 aromatic heterocycles. The van der Waals surface area contributed by atoms with E-state index in [1.165, 1.54) is 4.88 Å². The van der Waals surface area contributed by atoms with Crippen molar-refractivity contribution in [2.24, 2.45) is 0 Å². The van der Waals surface area contributed by atoms with Gasteiger partial charge in [-0.15, -0.1) is 11.3 Å². The first-order valence-corrected chi connectivity index (χ1v) is 6.77. The molecule has 0 amide bonds. The number of likely N-dealkylation sites (N-methyl/N-ethyl adjacent to an activating group) is 1. The van der Waals surface area contributed by atoms with E-state index in [0.29, 0.717) is 12.1 Å². The summed E-state index contributed by atoms with van der Waals surface area (Å²) in [5.41, 5.74) is 1.90. The van der Waals surface area contributed by atoms with Crippen LogP contribution in [0.5, 0.6) is 0 Å². The van der Waals surface area contributed by atoms with Crippen molar-refractivity contribution in [1.29, 1.82) is 0 Å². The SMILES string of the molecule is CCNC(CCC(C)OC)Cc1cncs1. The second-order valence-electron chi connectivity index (χ2n) is 4.05. The van der Waals surface area contributed by atoms with Gasteiger partial charge in [0.05, 0.1) is 11.6 Å². The fourth-order valence-electron chi connectivity index (χ4n) is 1.70. The van der Waals surface area contributed by atoms with E-state index in [-0.39, 0.29) is 0 Å². The van der Waals surface area contributed by atoms with Crippen LogP contribution in [0.1, 0.15) is 31.6 Å². The normalized spacial score (nSPS) is 14.9. The zero-order valence-electron chi connectivity index (χ0n) is 10.4. The number of nitrogens with zero attached hydrogens (tertiary/aromatic N) is 1. The first kappa shape index (κ1) is 13.6. The maximum atomic E-state index is 5.28. The summed E-state index contributed by atoms with van der Waals surface area (Å²) in [6.45, 7) is 5.29. The van der Waals surface area contributed by atoms with Crippen LogP contribution in [-0.4, -0.2) is 30.8 Å². The minimum atomic E-state index is 0.350. The number of ether oxygens (including phenoxy) is 1. The van der Waals surface area contributed by atoms with E-state index in [9.17, 15) is 0 Å². The lowest BCUT2D eigenvalue weighted by Crippen LogP contribution is -2.31. The maximum Gasteiger partial charge on any atom is 0.0794 e. The van der Waals surface area contributed by atoms with Crippen molar-refractivity contribution in [3.8, 4) is 0 Å². The van der Waals surface area contributed by atoms with Crippen LogP contribution in [0, 0.1) is 0 Å². The van der Waals surface area contributed by atoms with Gasteiger partial charge in [0.25, 0.3) is 0 Å². The largest absolute Gasteiger partial charge is 0.382 e. The lowest BCUT2D eigenvalue weighted by atomic mass is 10.0. The molecular formula is C12H22N2OS. The van der Waals surface area contributed by atoms with E-state index in [4.69, 9.17) is 4.74 Å². The van der Waals surface area contributed by atoms with Gasteiger partial charge in [-0.3, -0.25) is 4.98 Å². The Kier molecular flexibility index (Phi) is 6.61. The smallest absolute Gasteiger partial charge is 0.0794 e. The summed E-state index contributed by atoms with van der Waals surface area (Å²) < 4.78 is 5.28. The van der Waals surface area contributed by atoms with Gasteiger partial charge in [0.15, 0.2) is 0 Å². The van der Waals surface area contributed by atoms with Crippen LogP contribution in [0.25, 0.3) is 0 Å². The van der Waals surface area contributed by atoms with Crippen molar-refractivity contribution in [3.05, 3.63) is 16.6 Å². The van der Waals surface area contributed by atoms with Gasteiger partial charge >= 0.3 is 0 Å². The lowest BCUT2D eigenvalue weighted by molar-refractivity contribution is 0.106. The van der Waals surface area contributed by atoms with Crippen LogP contribution in [0.2, 0.25) is 0 Å². The van der Waals surface area contributed by atoms with Gasteiger partial charge in [-0.25, -0.2) is 0 Å². The van der Waals surface area contributed by atoms with Crippen molar-refractivity contribution in [1.82, 2.24) is 10.3 Å². The summed E-state index contributed by atoms with van der Waals surface area (Å²) in [4.78, 5) is 5.47. The van der Waals surface area contributed by atoms with Gasteiger partial charge in [-0.2, -0.15) is 0 Å². The summed E-state index contributed by atoms with van der Waals surface area (Å²) in [7, 11) is 1.77. The quantitative estimate of drug-likeness (QED) is 0.760. The van der Waals surface area contributed by atoms with Gasteiger partial charge in [0, 0.05) is 24.2 Å². The zero-order valence-corrected chi connectivity index (χ0v) is 11.2. The van der Waals surface area contributed by atoms with Crippen molar-refractivity contribution >= 4 is 11.3 Å². The van der Waals surface area contributed by atoms with Crippen molar-refractivity contribution < 1.29 is 4.74 Å². The van der Waals surface area contributed by atoms with E-state index in [2.05, 4.69) is 24.1 Å². The first-order valence-electron chi connectivity index (χ1n) is 5.89. The first-order chi connectivity index (χ1) is 7.76. The molecule has 1 rings (SSSR count). The second kappa shape index (κ2) is 7.76. The summed E-state index contributed by atoms with van der Waals surface area (Å²) in [5.74, 6) is 0. The topological polar surface area (TPSA) is 34.1 Å². The average molecular weight is 242 g/mol. The molecule has 0 spiro atoms. The minimum absolute atomic E-state index is 0.350. The van der Waals surface area contributed by atoms with Crippen LogP contribution in [-0.2, 0) is 11.2 Å². The third kappa shape index (κ3) is 5.05. The molecule has 3 nitrogen and oxygen atoms in total. The van der Waals surface area contributed by atoms with Gasteiger partial charge in [0.2, 0.25) is 0 Å². The highest BCUT2D eigenvalue weighted by molar-refractivity contribution is 7.09. The molecule has 4 heteroatoms. The summed E-state index contributed by atoms with van der Waals surface area (Å²) in [6, 6.07) is 0.544. The predicted octanol–water partition coefficient (Wildman–Crippen LogP) is 2.48. The monoisotopic (exact) mass is 242 g/mol. The molecule has 2 atom stereocenters. The molecule has 0 saturated carbocycles. The fourth-order valence-corrected chi connectivity index (χ4v) is 2.38. The molecule has 0 fully saturated rings. The van der Waals surface area contributed by atoms with Crippen molar-refractivity contribution in [2.75, 3.05) is 13.7 Å². The number of nitrogens with one attached hydrogen (secondary N) is 1. The Morgan fingerprint density at radius 3 is 2.88 bits per heavy atom. The van der Waals surface area contributed by atoms with Gasteiger partial charge in [0.1, 0.15) is 0 Å². The number of hydrogen-bond donors (Lipinski definition) is 1. The minimum Gasteiger partial charge on any atom is -0.382 e.